The Hall–Kier alpha value is -2.62. The molecule has 18 heavy (non-hydrogen) atoms. The molecule has 1 atom stereocenters. The van der Waals surface area contributed by atoms with E-state index < -0.39 is 11.0 Å². The Morgan fingerprint density at radius 3 is 2.94 bits per heavy atom. The highest BCUT2D eigenvalue weighted by atomic mass is 16.6. The van der Waals surface area contributed by atoms with Crippen LogP contribution in [0.3, 0.4) is 0 Å². The molecule has 2 N–H and O–H groups in total. The molecule has 0 aliphatic heterocycles. The predicted molar refractivity (Wildman–Crippen MR) is 64.8 cm³/mol. The number of nitro groups is 1. The molecule has 0 saturated heterocycles. The van der Waals surface area contributed by atoms with E-state index >= 15 is 0 Å². The van der Waals surface area contributed by atoms with Crippen LogP contribution in [-0.4, -0.2) is 23.4 Å². The van der Waals surface area contributed by atoms with Gasteiger partial charge in [0.15, 0.2) is 0 Å². The Kier molecular flexibility index (Phi) is 4.63. The maximum absolute atomic E-state index is 11.5. The van der Waals surface area contributed by atoms with Crippen LogP contribution in [0.1, 0.15) is 6.92 Å². The maximum Gasteiger partial charge on any atom is 0.271 e. The zero-order chi connectivity index (χ0) is 13.5. The normalized spacial score (nSPS) is 11.1. The minimum atomic E-state index is -0.583. The van der Waals surface area contributed by atoms with Crippen molar-refractivity contribution in [3.63, 3.8) is 0 Å². The largest absolute Gasteiger partial charge is 0.374 e. The number of carbonyl (C=O) groups is 1. The quantitative estimate of drug-likeness (QED) is 0.459. The first-order chi connectivity index (χ1) is 8.54. The zero-order valence-electron chi connectivity index (χ0n) is 9.71. The average molecular weight is 248 g/mol. The van der Waals surface area contributed by atoms with Gasteiger partial charge in [-0.25, -0.2) is 0 Å². The lowest BCUT2D eigenvalue weighted by molar-refractivity contribution is -0.384. The fourth-order valence-corrected chi connectivity index (χ4v) is 1.30. The molecule has 7 nitrogen and oxygen atoms in total. The fourth-order valence-electron chi connectivity index (χ4n) is 1.30. The fraction of sp³-hybridized carbons (Fsp3) is 0.273. The number of non-ortho nitro benzene ring substituents is 1. The van der Waals surface area contributed by atoms with Crippen LogP contribution in [0.5, 0.6) is 0 Å². The molecule has 0 aliphatic carbocycles. The second-order valence-corrected chi connectivity index (χ2v) is 3.55. The van der Waals surface area contributed by atoms with Gasteiger partial charge in [-0.05, 0) is 13.0 Å². The third-order valence-electron chi connectivity index (χ3n) is 2.18. The van der Waals surface area contributed by atoms with Crippen molar-refractivity contribution in [1.29, 1.82) is 5.26 Å². The number of amides is 1. The van der Waals surface area contributed by atoms with Crippen molar-refractivity contribution in [2.75, 3.05) is 11.9 Å². The highest BCUT2D eigenvalue weighted by Crippen LogP contribution is 2.17. The van der Waals surface area contributed by atoms with Gasteiger partial charge in [0.05, 0.1) is 11.0 Å². The lowest BCUT2D eigenvalue weighted by Crippen LogP contribution is -2.37. The van der Waals surface area contributed by atoms with Crippen molar-refractivity contribution in [2.45, 2.75) is 13.0 Å². The molecule has 0 radical (unpaired) electrons. The third kappa shape index (κ3) is 3.75. The zero-order valence-corrected chi connectivity index (χ0v) is 9.71. The van der Waals surface area contributed by atoms with E-state index in [1.165, 1.54) is 18.2 Å². The molecule has 0 bridgehead atoms. The first-order valence-corrected chi connectivity index (χ1v) is 5.20. The number of nitriles is 1. The van der Waals surface area contributed by atoms with E-state index in [0.717, 1.165) is 0 Å². The lowest BCUT2D eigenvalue weighted by atomic mass is 10.2. The van der Waals surface area contributed by atoms with Gasteiger partial charge in [-0.1, -0.05) is 6.07 Å². The molecule has 1 unspecified atom stereocenters. The molecule has 7 heteroatoms. The summed E-state index contributed by atoms with van der Waals surface area (Å²) in [6.07, 6.45) is 0. The molecule has 0 fully saturated rings. The molecule has 0 aromatic heterocycles. The third-order valence-corrected chi connectivity index (χ3v) is 2.18. The van der Waals surface area contributed by atoms with E-state index in [9.17, 15) is 14.9 Å². The van der Waals surface area contributed by atoms with E-state index in [4.69, 9.17) is 5.26 Å². The lowest BCUT2D eigenvalue weighted by Gasteiger charge is -2.13. The Morgan fingerprint density at radius 1 is 1.61 bits per heavy atom. The van der Waals surface area contributed by atoms with Gasteiger partial charge in [0.2, 0.25) is 5.91 Å². The van der Waals surface area contributed by atoms with E-state index in [1.807, 2.05) is 0 Å². The SMILES string of the molecule is CC(Nc1cccc([N+](=O)[O-])c1)C(=O)NCC#N. The average Bonchev–Trinajstić information content (AvgIpc) is 2.36. The summed E-state index contributed by atoms with van der Waals surface area (Å²) in [5, 5.41) is 24.1. The Bertz CT molecular complexity index is 495. The Morgan fingerprint density at radius 2 is 2.33 bits per heavy atom. The van der Waals surface area contributed by atoms with E-state index in [1.54, 1.807) is 19.1 Å². The number of anilines is 1. The van der Waals surface area contributed by atoms with Gasteiger partial charge in [-0.3, -0.25) is 14.9 Å². The molecular weight excluding hydrogens is 236 g/mol. The smallest absolute Gasteiger partial charge is 0.271 e. The second kappa shape index (κ2) is 6.20. The van der Waals surface area contributed by atoms with Gasteiger partial charge in [0, 0.05) is 17.8 Å². The Balaban J connectivity index is 2.67. The van der Waals surface area contributed by atoms with Crippen LogP contribution in [0.4, 0.5) is 11.4 Å². The first kappa shape index (κ1) is 13.4. The van der Waals surface area contributed by atoms with Gasteiger partial charge in [0.1, 0.15) is 12.6 Å². The molecule has 0 spiro atoms. The van der Waals surface area contributed by atoms with Crippen LogP contribution in [0.15, 0.2) is 24.3 Å². The molecule has 1 aromatic carbocycles. The van der Waals surface area contributed by atoms with Crippen molar-refractivity contribution >= 4 is 17.3 Å². The Labute approximate surface area is 104 Å². The second-order valence-electron chi connectivity index (χ2n) is 3.55. The van der Waals surface area contributed by atoms with Gasteiger partial charge in [-0.2, -0.15) is 5.26 Å². The number of nitro benzene ring substituents is 1. The molecule has 1 aromatic rings. The monoisotopic (exact) mass is 248 g/mol. The number of rotatable bonds is 5. The van der Waals surface area contributed by atoms with Gasteiger partial charge < -0.3 is 10.6 Å². The maximum atomic E-state index is 11.5. The van der Waals surface area contributed by atoms with Crippen LogP contribution in [0, 0.1) is 21.4 Å². The summed E-state index contributed by atoms with van der Waals surface area (Å²) in [7, 11) is 0. The topological polar surface area (TPSA) is 108 Å². The first-order valence-electron chi connectivity index (χ1n) is 5.20. The van der Waals surface area contributed by atoms with E-state index in [-0.39, 0.29) is 18.1 Å². The van der Waals surface area contributed by atoms with E-state index in [0.29, 0.717) is 5.69 Å². The van der Waals surface area contributed by atoms with Crippen molar-refractivity contribution in [3.8, 4) is 6.07 Å². The number of nitrogens with one attached hydrogen (secondary N) is 2. The summed E-state index contributed by atoms with van der Waals surface area (Å²) in [4.78, 5) is 21.5. The minimum absolute atomic E-state index is 0.0513. The summed E-state index contributed by atoms with van der Waals surface area (Å²) < 4.78 is 0. The summed E-state index contributed by atoms with van der Waals surface area (Å²) in [5.74, 6) is -0.344. The summed E-state index contributed by atoms with van der Waals surface area (Å²) in [5.41, 5.74) is 0.424. The van der Waals surface area contributed by atoms with Crippen molar-refractivity contribution in [3.05, 3.63) is 34.4 Å². The molecule has 94 valence electrons. The van der Waals surface area contributed by atoms with Crippen LogP contribution in [-0.2, 0) is 4.79 Å². The van der Waals surface area contributed by atoms with Crippen molar-refractivity contribution in [2.24, 2.45) is 0 Å². The van der Waals surface area contributed by atoms with Crippen molar-refractivity contribution in [1.82, 2.24) is 5.32 Å². The summed E-state index contributed by atoms with van der Waals surface area (Å²) >= 11 is 0. The highest BCUT2D eigenvalue weighted by molar-refractivity contribution is 5.84. The van der Waals surface area contributed by atoms with E-state index in [2.05, 4.69) is 10.6 Å². The molecule has 0 aliphatic rings. The molecule has 1 amide bonds. The minimum Gasteiger partial charge on any atom is -0.374 e. The van der Waals surface area contributed by atoms with Crippen LogP contribution in [0.2, 0.25) is 0 Å². The predicted octanol–water partition coefficient (Wildman–Crippen LogP) is 1.03. The van der Waals surface area contributed by atoms with Crippen molar-refractivity contribution < 1.29 is 9.72 Å². The number of carbonyl (C=O) groups excluding carboxylic acids is 1. The molecule has 0 heterocycles. The number of benzene rings is 1. The van der Waals surface area contributed by atoms with Gasteiger partial charge in [-0.15, -0.1) is 0 Å². The van der Waals surface area contributed by atoms with Crippen LogP contribution < -0.4 is 10.6 Å². The van der Waals surface area contributed by atoms with Crippen LogP contribution >= 0.6 is 0 Å². The molecular formula is C11H12N4O3. The van der Waals surface area contributed by atoms with Gasteiger partial charge >= 0.3 is 0 Å². The van der Waals surface area contributed by atoms with Gasteiger partial charge in [0.25, 0.3) is 5.69 Å². The standard InChI is InChI=1S/C11H12N4O3/c1-8(11(16)13-6-5-12)14-9-3-2-4-10(7-9)15(17)18/h2-4,7-8,14H,6H2,1H3,(H,13,16). The number of nitrogens with zero attached hydrogens (tertiary/aromatic N) is 2. The highest BCUT2D eigenvalue weighted by Gasteiger charge is 2.13. The molecule has 1 rings (SSSR count). The summed E-state index contributed by atoms with van der Waals surface area (Å²) in [6, 6.07) is 7.07. The summed E-state index contributed by atoms with van der Waals surface area (Å²) in [6.45, 7) is 1.53. The molecule has 0 saturated carbocycles. The van der Waals surface area contributed by atoms with Crippen LogP contribution in [0.25, 0.3) is 0 Å². The number of hydrogen-bond donors (Lipinski definition) is 2. The number of hydrogen-bond acceptors (Lipinski definition) is 5.